The molecule has 2 aromatic rings. The van der Waals surface area contributed by atoms with Gasteiger partial charge in [0.05, 0.1) is 12.8 Å². The molecule has 0 unspecified atom stereocenters. The molecule has 2 aliphatic rings. The Labute approximate surface area is 178 Å². The second-order valence-corrected chi connectivity index (χ2v) is 9.69. The molecule has 0 saturated heterocycles. The Morgan fingerprint density at radius 3 is 2.42 bits per heavy atom. The Morgan fingerprint density at radius 1 is 1.19 bits per heavy atom. The fourth-order valence-corrected chi connectivity index (χ4v) is 4.52. The molecule has 0 fully saturated rings. The number of benzene rings is 1. The maximum Gasteiger partial charge on any atom is 0.422 e. The molecule has 2 aliphatic heterocycles. The van der Waals surface area contributed by atoms with E-state index in [1.807, 2.05) is 24.3 Å². The van der Waals surface area contributed by atoms with Crippen molar-refractivity contribution in [3.63, 3.8) is 0 Å². The smallest absolute Gasteiger partial charge is 0.422 e. The molecule has 3 heterocycles. The van der Waals surface area contributed by atoms with Gasteiger partial charge in [0, 0.05) is 37.8 Å². The molecule has 31 heavy (non-hydrogen) atoms. The van der Waals surface area contributed by atoms with Crippen LogP contribution < -0.4 is 10.2 Å². The lowest BCUT2D eigenvalue weighted by atomic mass is 10.1. The summed E-state index contributed by atoms with van der Waals surface area (Å²) in [5, 5.41) is 0. The van der Waals surface area contributed by atoms with Gasteiger partial charge in [0.1, 0.15) is 12.0 Å². The second kappa shape index (κ2) is 8.18. The van der Waals surface area contributed by atoms with E-state index in [0.29, 0.717) is 12.3 Å². The Balaban J connectivity index is 1.42. The highest BCUT2D eigenvalue weighted by Gasteiger charge is 2.40. The summed E-state index contributed by atoms with van der Waals surface area (Å²) < 4.78 is 63.3. The zero-order valence-electron chi connectivity index (χ0n) is 16.9. The van der Waals surface area contributed by atoms with Crippen molar-refractivity contribution in [1.82, 2.24) is 9.21 Å². The Hall–Kier alpha value is -2.56. The monoisotopic (exact) mass is 452 g/mol. The van der Waals surface area contributed by atoms with Crippen LogP contribution in [0.2, 0.25) is 0 Å². The Kier molecular flexibility index (Phi) is 5.71. The van der Waals surface area contributed by atoms with E-state index in [-0.39, 0.29) is 25.1 Å². The fourth-order valence-electron chi connectivity index (χ4n) is 3.75. The molecular weight excluding hydrogens is 430 g/mol. The molecule has 0 atom stereocenters. The van der Waals surface area contributed by atoms with Gasteiger partial charge in [-0.05, 0) is 17.5 Å². The maximum absolute atomic E-state index is 14.5. The average molecular weight is 452 g/mol. The first-order valence-electron chi connectivity index (χ1n) is 9.74. The van der Waals surface area contributed by atoms with E-state index in [9.17, 15) is 22.0 Å². The molecule has 0 N–H and O–H groups in total. The molecule has 7 nitrogen and oxygen atoms in total. The van der Waals surface area contributed by atoms with Crippen molar-refractivity contribution >= 4 is 10.0 Å². The van der Waals surface area contributed by atoms with Gasteiger partial charge >= 0.3 is 6.11 Å². The largest absolute Gasteiger partial charge is 0.464 e. The third-order valence-electron chi connectivity index (χ3n) is 5.39. The number of alkyl halides is 2. The lowest BCUT2D eigenvalue weighted by Gasteiger charge is -2.27. The highest BCUT2D eigenvalue weighted by molar-refractivity contribution is 7.88. The minimum absolute atomic E-state index is 0.0740. The van der Waals surface area contributed by atoms with Crippen LogP contribution in [0.3, 0.4) is 0 Å². The molecule has 0 bridgehead atoms. The molecule has 166 valence electrons. The second-order valence-electron chi connectivity index (χ2n) is 7.71. The van der Waals surface area contributed by atoms with E-state index in [1.165, 1.54) is 11.1 Å². The summed E-state index contributed by atoms with van der Waals surface area (Å²) in [6.07, 6.45) is -0.893. The minimum atomic E-state index is -3.74. The van der Waals surface area contributed by atoms with Gasteiger partial charge in [-0.1, -0.05) is 30.3 Å². The topological polar surface area (TPSA) is 80.1 Å². The Bertz CT molecular complexity index is 1150. The van der Waals surface area contributed by atoms with Gasteiger partial charge in [0.2, 0.25) is 21.2 Å². The quantitative estimate of drug-likeness (QED) is 0.627. The number of sulfonamides is 1. The average Bonchev–Trinajstić information content (AvgIpc) is 3.12. The highest BCUT2D eigenvalue weighted by Crippen LogP contribution is 2.32. The predicted molar refractivity (Wildman–Crippen MR) is 109 cm³/mol. The third kappa shape index (κ3) is 4.86. The number of fused-ring (bicyclic) bond motifs is 1. The van der Waals surface area contributed by atoms with Crippen LogP contribution in [0.25, 0.3) is 0 Å². The molecule has 0 saturated carbocycles. The van der Waals surface area contributed by atoms with E-state index in [2.05, 4.69) is 9.64 Å². The van der Waals surface area contributed by atoms with Crippen LogP contribution in [0.15, 0.2) is 57.5 Å². The summed E-state index contributed by atoms with van der Waals surface area (Å²) in [4.78, 5) is 14.4. The van der Waals surface area contributed by atoms with Gasteiger partial charge in [-0.2, -0.15) is 13.1 Å². The summed E-state index contributed by atoms with van der Waals surface area (Å²) >= 11 is 0. The standard InChI is InChI=1S/C21H22F2N2O5S/c1-31(27,28)25-8-6-17(7-9-25)21(22,23)30-20-14-29-18(10-19(20)26)13-24-11-15-4-2-3-5-16(15)12-24/h2-6,10,14H,7-9,11-13H2,1H3. The maximum atomic E-state index is 14.5. The minimum Gasteiger partial charge on any atom is -0.464 e. The summed E-state index contributed by atoms with van der Waals surface area (Å²) in [6.45, 7) is 1.56. The van der Waals surface area contributed by atoms with E-state index < -0.39 is 27.3 Å². The first kappa shape index (κ1) is 21.7. The zero-order chi connectivity index (χ0) is 22.2. The normalized spacial score (nSPS) is 18.0. The van der Waals surface area contributed by atoms with Crippen molar-refractivity contribution in [3.8, 4) is 5.75 Å². The lowest BCUT2D eigenvalue weighted by Crippen LogP contribution is -2.39. The van der Waals surface area contributed by atoms with Crippen LogP contribution in [-0.2, 0) is 29.7 Å². The van der Waals surface area contributed by atoms with Crippen LogP contribution >= 0.6 is 0 Å². The van der Waals surface area contributed by atoms with Gasteiger partial charge in [-0.25, -0.2) is 8.42 Å². The third-order valence-corrected chi connectivity index (χ3v) is 6.66. The molecule has 0 radical (unpaired) electrons. The molecular formula is C21H22F2N2O5S. The van der Waals surface area contributed by atoms with Crippen molar-refractivity contribution in [1.29, 1.82) is 0 Å². The number of halogens is 2. The number of hydrogen-bond acceptors (Lipinski definition) is 6. The first-order valence-corrected chi connectivity index (χ1v) is 11.6. The molecule has 10 heteroatoms. The van der Waals surface area contributed by atoms with Crippen molar-refractivity contribution in [3.05, 3.63) is 75.4 Å². The van der Waals surface area contributed by atoms with Gasteiger partial charge in [0.25, 0.3) is 0 Å². The SMILES string of the molecule is CS(=O)(=O)N1CC=C(C(F)(F)Oc2coc(CN3Cc4ccccc4C3)cc2=O)CC1. The van der Waals surface area contributed by atoms with Gasteiger partial charge < -0.3 is 9.15 Å². The molecule has 0 amide bonds. The van der Waals surface area contributed by atoms with Gasteiger partial charge in [0.15, 0.2) is 0 Å². The summed E-state index contributed by atoms with van der Waals surface area (Å²) in [7, 11) is -3.46. The van der Waals surface area contributed by atoms with Crippen LogP contribution in [0.1, 0.15) is 23.3 Å². The van der Waals surface area contributed by atoms with E-state index in [0.717, 1.165) is 42.1 Å². The van der Waals surface area contributed by atoms with E-state index in [4.69, 9.17) is 4.42 Å². The van der Waals surface area contributed by atoms with Crippen LogP contribution in [-0.4, -0.2) is 43.1 Å². The van der Waals surface area contributed by atoms with Crippen LogP contribution in [0, 0.1) is 0 Å². The van der Waals surface area contributed by atoms with Crippen LogP contribution in [0.4, 0.5) is 8.78 Å². The van der Waals surface area contributed by atoms with Gasteiger partial charge in [-0.15, -0.1) is 0 Å². The summed E-state index contributed by atoms with van der Waals surface area (Å²) in [6, 6.07) is 9.18. The van der Waals surface area contributed by atoms with Crippen LogP contribution in [0.5, 0.6) is 5.75 Å². The first-order chi connectivity index (χ1) is 14.6. The number of nitrogens with zero attached hydrogens (tertiary/aromatic N) is 2. The van der Waals surface area contributed by atoms with E-state index >= 15 is 0 Å². The zero-order valence-corrected chi connectivity index (χ0v) is 17.7. The van der Waals surface area contributed by atoms with Gasteiger partial charge in [-0.3, -0.25) is 9.69 Å². The molecule has 1 aromatic heterocycles. The van der Waals surface area contributed by atoms with Crippen molar-refractivity contribution in [2.75, 3.05) is 19.3 Å². The lowest BCUT2D eigenvalue weighted by molar-refractivity contribution is -0.146. The molecule has 4 rings (SSSR count). The highest BCUT2D eigenvalue weighted by atomic mass is 32.2. The number of rotatable bonds is 6. The van der Waals surface area contributed by atoms with E-state index in [1.54, 1.807) is 0 Å². The predicted octanol–water partition coefficient (Wildman–Crippen LogP) is 2.72. The van der Waals surface area contributed by atoms with Crippen molar-refractivity contribution in [2.45, 2.75) is 32.2 Å². The molecule has 1 aromatic carbocycles. The van der Waals surface area contributed by atoms with Crippen molar-refractivity contribution in [2.24, 2.45) is 0 Å². The fraction of sp³-hybridized carbons (Fsp3) is 0.381. The van der Waals surface area contributed by atoms with Crippen molar-refractivity contribution < 1.29 is 26.4 Å². The number of ether oxygens (including phenoxy) is 1. The summed E-state index contributed by atoms with van der Waals surface area (Å²) in [5.74, 6) is -0.237. The number of hydrogen-bond donors (Lipinski definition) is 0. The Morgan fingerprint density at radius 2 is 1.87 bits per heavy atom. The summed E-state index contributed by atoms with van der Waals surface area (Å²) in [5.41, 5.74) is 1.34. The molecule has 0 spiro atoms. The molecule has 0 aliphatic carbocycles.